The Bertz CT molecular complexity index is 328. The molecule has 0 bridgehead atoms. The van der Waals surface area contributed by atoms with Crippen molar-refractivity contribution >= 4 is 14.5 Å². The van der Waals surface area contributed by atoms with E-state index in [0.717, 1.165) is 12.0 Å². The van der Waals surface area contributed by atoms with E-state index in [0.29, 0.717) is 11.7 Å². The molecule has 0 aliphatic carbocycles. The third-order valence-electron chi connectivity index (χ3n) is 2.19. The van der Waals surface area contributed by atoms with Crippen LogP contribution >= 0.6 is 9.24 Å². The number of hydrogen-bond acceptors (Lipinski definition) is 1. The first-order valence-electron chi connectivity index (χ1n) is 4.53. The number of halogens is 2. The summed E-state index contributed by atoms with van der Waals surface area (Å²) in [5.41, 5.74) is 6.49. The van der Waals surface area contributed by atoms with Crippen molar-refractivity contribution in [1.82, 2.24) is 0 Å². The summed E-state index contributed by atoms with van der Waals surface area (Å²) >= 11 is 0. The lowest BCUT2D eigenvalue weighted by Crippen LogP contribution is -2.24. The minimum absolute atomic E-state index is 0.000777. The van der Waals surface area contributed by atoms with Gasteiger partial charge in [-0.1, -0.05) is 6.92 Å². The standard InChI is InChI=1S/C10H14F2NP/c1-2-7(13)3-6-4-8(11)9(12)5-10(6)14/h4-5,7H,2-3,13-14H2,1H3. The van der Waals surface area contributed by atoms with Gasteiger partial charge in [0.15, 0.2) is 11.6 Å². The van der Waals surface area contributed by atoms with E-state index in [1.807, 2.05) is 6.92 Å². The van der Waals surface area contributed by atoms with Crippen LogP contribution in [0.3, 0.4) is 0 Å². The normalized spacial score (nSPS) is 12.9. The van der Waals surface area contributed by atoms with Gasteiger partial charge >= 0.3 is 0 Å². The van der Waals surface area contributed by atoms with E-state index < -0.39 is 11.6 Å². The highest BCUT2D eigenvalue weighted by Crippen LogP contribution is 2.11. The van der Waals surface area contributed by atoms with Crippen LogP contribution in [-0.2, 0) is 6.42 Å². The summed E-state index contributed by atoms with van der Waals surface area (Å²) < 4.78 is 25.6. The summed E-state index contributed by atoms with van der Waals surface area (Å²) in [7, 11) is 2.39. The Hall–Kier alpha value is -0.530. The Morgan fingerprint density at radius 1 is 1.36 bits per heavy atom. The molecule has 14 heavy (non-hydrogen) atoms. The fourth-order valence-corrected chi connectivity index (χ4v) is 1.55. The van der Waals surface area contributed by atoms with Crippen LogP contribution in [0.1, 0.15) is 18.9 Å². The van der Waals surface area contributed by atoms with Crippen molar-refractivity contribution in [3.63, 3.8) is 0 Å². The van der Waals surface area contributed by atoms with Gasteiger partial charge < -0.3 is 5.73 Å². The lowest BCUT2D eigenvalue weighted by atomic mass is 10.0. The van der Waals surface area contributed by atoms with E-state index in [9.17, 15) is 8.78 Å². The Morgan fingerprint density at radius 2 is 1.93 bits per heavy atom. The SMILES string of the molecule is CCC(N)Cc1cc(F)c(F)cc1P. The number of hydrogen-bond donors (Lipinski definition) is 1. The van der Waals surface area contributed by atoms with Gasteiger partial charge in [-0.3, -0.25) is 0 Å². The van der Waals surface area contributed by atoms with Gasteiger partial charge in [0.05, 0.1) is 0 Å². The van der Waals surface area contributed by atoms with Gasteiger partial charge in [0.25, 0.3) is 0 Å². The Labute approximate surface area is 84.9 Å². The number of rotatable bonds is 3. The predicted molar refractivity (Wildman–Crippen MR) is 57.7 cm³/mol. The third-order valence-corrected chi connectivity index (χ3v) is 2.73. The van der Waals surface area contributed by atoms with Crippen molar-refractivity contribution in [2.75, 3.05) is 0 Å². The highest BCUT2D eigenvalue weighted by atomic mass is 31.0. The van der Waals surface area contributed by atoms with E-state index in [4.69, 9.17) is 5.73 Å². The molecule has 0 saturated heterocycles. The molecule has 0 saturated carbocycles. The van der Waals surface area contributed by atoms with Crippen LogP contribution in [-0.4, -0.2) is 6.04 Å². The van der Waals surface area contributed by atoms with E-state index >= 15 is 0 Å². The van der Waals surface area contributed by atoms with Gasteiger partial charge in [0.2, 0.25) is 0 Å². The summed E-state index contributed by atoms with van der Waals surface area (Å²) in [4.78, 5) is 0. The molecule has 1 nitrogen and oxygen atoms in total. The maximum Gasteiger partial charge on any atom is 0.159 e. The van der Waals surface area contributed by atoms with Crippen LogP contribution in [0.5, 0.6) is 0 Å². The largest absolute Gasteiger partial charge is 0.327 e. The zero-order valence-corrected chi connectivity index (χ0v) is 9.21. The maximum absolute atomic E-state index is 12.9. The second-order valence-electron chi connectivity index (χ2n) is 3.34. The zero-order chi connectivity index (χ0) is 10.7. The molecule has 2 N–H and O–H groups in total. The zero-order valence-electron chi connectivity index (χ0n) is 8.06. The van der Waals surface area contributed by atoms with Crippen molar-refractivity contribution in [3.8, 4) is 0 Å². The highest BCUT2D eigenvalue weighted by molar-refractivity contribution is 7.27. The third kappa shape index (κ3) is 2.73. The van der Waals surface area contributed by atoms with Crippen molar-refractivity contribution in [2.24, 2.45) is 5.73 Å². The first-order valence-corrected chi connectivity index (χ1v) is 5.11. The minimum Gasteiger partial charge on any atom is -0.327 e. The van der Waals surface area contributed by atoms with E-state index in [1.165, 1.54) is 12.1 Å². The topological polar surface area (TPSA) is 26.0 Å². The quantitative estimate of drug-likeness (QED) is 0.767. The first-order chi connectivity index (χ1) is 6.54. The Kier molecular flexibility index (Phi) is 3.97. The van der Waals surface area contributed by atoms with Gasteiger partial charge in [-0.25, -0.2) is 8.78 Å². The minimum atomic E-state index is -0.816. The molecule has 0 spiro atoms. The summed E-state index contributed by atoms with van der Waals surface area (Å²) in [6.07, 6.45) is 1.40. The van der Waals surface area contributed by atoms with Crippen molar-refractivity contribution in [2.45, 2.75) is 25.8 Å². The molecule has 0 radical (unpaired) electrons. The Balaban J connectivity index is 2.92. The van der Waals surface area contributed by atoms with Crippen molar-refractivity contribution in [1.29, 1.82) is 0 Å². The molecular weight excluding hydrogens is 203 g/mol. The molecule has 4 heteroatoms. The molecule has 0 aliphatic heterocycles. The fourth-order valence-electron chi connectivity index (χ4n) is 1.21. The molecule has 0 fully saturated rings. The first kappa shape index (κ1) is 11.5. The summed E-state index contributed by atoms with van der Waals surface area (Å²) in [5.74, 6) is -1.63. The monoisotopic (exact) mass is 217 g/mol. The van der Waals surface area contributed by atoms with E-state index in [1.54, 1.807) is 0 Å². The van der Waals surface area contributed by atoms with Gasteiger partial charge in [-0.05, 0) is 35.8 Å². The van der Waals surface area contributed by atoms with Crippen LogP contribution in [0.25, 0.3) is 0 Å². The Morgan fingerprint density at radius 3 is 2.50 bits per heavy atom. The molecule has 0 aromatic heterocycles. The number of benzene rings is 1. The summed E-state index contributed by atoms with van der Waals surface area (Å²) in [5, 5.41) is 0.674. The second kappa shape index (κ2) is 4.81. The lowest BCUT2D eigenvalue weighted by molar-refractivity contribution is 0.507. The van der Waals surface area contributed by atoms with Crippen LogP contribution < -0.4 is 11.0 Å². The average Bonchev–Trinajstić information content (AvgIpc) is 2.14. The second-order valence-corrected chi connectivity index (χ2v) is 3.96. The molecule has 78 valence electrons. The molecule has 1 rings (SSSR count). The van der Waals surface area contributed by atoms with Crippen LogP contribution in [0.2, 0.25) is 0 Å². The van der Waals surface area contributed by atoms with Crippen LogP contribution in [0.15, 0.2) is 12.1 Å². The molecule has 2 atom stereocenters. The molecule has 0 amide bonds. The van der Waals surface area contributed by atoms with Gasteiger partial charge in [0.1, 0.15) is 0 Å². The van der Waals surface area contributed by atoms with E-state index in [-0.39, 0.29) is 6.04 Å². The highest BCUT2D eigenvalue weighted by Gasteiger charge is 2.09. The smallest absolute Gasteiger partial charge is 0.159 e. The van der Waals surface area contributed by atoms with Gasteiger partial charge in [0, 0.05) is 6.04 Å². The summed E-state index contributed by atoms with van der Waals surface area (Å²) in [6.45, 7) is 1.97. The van der Waals surface area contributed by atoms with Crippen LogP contribution in [0.4, 0.5) is 8.78 Å². The maximum atomic E-state index is 12.9. The number of nitrogens with two attached hydrogens (primary N) is 1. The average molecular weight is 217 g/mol. The lowest BCUT2D eigenvalue weighted by Gasteiger charge is -2.11. The molecule has 0 aliphatic rings. The fraction of sp³-hybridized carbons (Fsp3) is 0.400. The van der Waals surface area contributed by atoms with Gasteiger partial charge in [-0.2, -0.15) is 0 Å². The molecule has 0 heterocycles. The molecule has 2 unspecified atom stereocenters. The van der Waals surface area contributed by atoms with Crippen molar-refractivity contribution < 1.29 is 8.78 Å². The molecular formula is C10H14F2NP. The summed E-state index contributed by atoms with van der Waals surface area (Å²) in [6, 6.07) is 2.39. The predicted octanol–water partition coefficient (Wildman–Crippen LogP) is 1.75. The van der Waals surface area contributed by atoms with Crippen LogP contribution in [0, 0.1) is 11.6 Å². The molecule has 1 aromatic rings. The van der Waals surface area contributed by atoms with Crippen molar-refractivity contribution in [3.05, 3.63) is 29.3 Å². The molecule has 1 aromatic carbocycles. The van der Waals surface area contributed by atoms with Gasteiger partial charge in [-0.15, -0.1) is 9.24 Å². The van der Waals surface area contributed by atoms with E-state index in [2.05, 4.69) is 9.24 Å².